The highest BCUT2D eigenvalue weighted by atomic mass is 16.6. The topological polar surface area (TPSA) is 122 Å². The third-order valence-corrected chi connectivity index (χ3v) is 4.83. The Bertz CT molecular complexity index is 1210. The van der Waals surface area contributed by atoms with Crippen molar-refractivity contribution in [2.24, 2.45) is 5.10 Å². The van der Waals surface area contributed by atoms with Gasteiger partial charge in [0, 0.05) is 17.7 Å². The Hall–Kier alpha value is -4.60. The summed E-state index contributed by atoms with van der Waals surface area (Å²) in [6.45, 7) is 2.49. The van der Waals surface area contributed by atoms with Crippen molar-refractivity contribution >= 4 is 17.8 Å². The highest BCUT2D eigenvalue weighted by molar-refractivity contribution is 5.95. The average molecular weight is 479 g/mol. The van der Waals surface area contributed by atoms with Gasteiger partial charge in [0.15, 0.2) is 23.0 Å². The Morgan fingerprint density at radius 2 is 1.66 bits per heavy atom. The predicted octanol–water partition coefficient (Wildman–Crippen LogP) is 4.35. The van der Waals surface area contributed by atoms with Crippen LogP contribution in [0.1, 0.15) is 28.4 Å². The lowest BCUT2D eigenvalue weighted by molar-refractivity contribution is -0.384. The van der Waals surface area contributed by atoms with Crippen LogP contribution >= 0.6 is 0 Å². The molecule has 0 unspecified atom stereocenters. The molecule has 10 heteroatoms. The van der Waals surface area contributed by atoms with Crippen molar-refractivity contribution in [3.63, 3.8) is 0 Å². The van der Waals surface area contributed by atoms with Crippen LogP contribution in [0.5, 0.6) is 23.0 Å². The van der Waals surface area contributed by atoms with Crippen molar-refractivity contribution in [2.45, 2.75) is 13.5 Å². The van der Waals surface area contributed by atoms with Crippen LogP contribution in [-0.4, -0.2) is 37.9 Å². The molecule has 3 rings (SSSR count). The minimum Gasteiger partial charge on any atom is -0.493 e. The first-order valence-electron chi connectivity index (χ1n) is 10.6. The molecule has 0 saturated heterocycles. The van der Waals surface area contributed by atoms with E-state index in [1.54, 1.807) is 48.5 Å². The summed E-state index contributed by atoms with van der Waals surface area (Å²) in [5.41, 5.74) is 4.32. The summed E-state index contributed by atoms with van der Waals surface area (Å²) in [5, 5.41) is 14.8. The fourth-order valence-electron chi connectivity index (χ4n) is 3.07. The van der Waals surface area contributed by atoms with Crippen molar-refractivity contribution in [2.75, 3.05) is 20.8 Å². The highest BCUT2D eigenvalue weighted by Gasteiger charge is 2.11. The molecule has 3 aromatic rings. The van der Waals surface area contributed by atoms with Gasteiger partial charge in [-0.05, 0) is 66.6 Å². The normalized spacial score (nSPS) is 10.6. The lowest BCUT2D eigenvalue weighted by Gasteiger charge is -2.12. The molecule has 0 fully saturated rings. The average Bonchev–Trinajstić information content (AvgIpc) is 2.88. The van der Waals surface area contributed by atoms with Crippen molar-refractivity contribution in [3.8, 4) is 23.0 Å². The SMILES string of the molecule is CCOc1cc(/C=N/NC(=O)c2ccc(OC)c(OC)c2)ccc1OCc1ccc([N+](=O)[O-])cc1. The molecule has 0 saturated carbocycles. The molecule has 0 spiro atoms. The number of benzene rings is 3. The largest absolute Gasteiger partial charge is 0.493 e. The minimum atomic E-state index is -0.450. The van der Waals surface area contributed by atoms with Gasteiger partial charge in [-0.15, -0.1) is 0 Å². The quantitative estimate of drug-likeness (QED) is 0.246. The van der Waals surface area contributed by atoms with Crippen LogP contribution in [0.2, 0.25) is 0 Å². The third kappa shape index (κ3) is 6.70. The van der Waals surface area contributed by atoms with Gasteiger partial charge in [0.1, 0.15) is 6.61 Å². The fraction of sp³-hybridized carbons (Fsp3) is 0.200. The zero-order chi connectivity index (χ0) is 25.2. The predicted molar refractivity (Wildman–Crippen MR) is 130 cm³/mol. The smallest absolute Gasteiger partial charge is 0.271 e. The number of nitro benzene ring substituents is 1. The van der Waals surface area contributed by atoms with Gasteiger partial charge >= 0.3 is 0 Å². The molecule has 0 heterocycles. The lowest BCUT2D eigenvalue weighted by Crippen LogP contribution is -2.17. The van der Waals surface area contributed by atoms with E-state index in [1.165, 1.54) is 32.6 Å². The molecule has 1 amide bonds. The number of nitrogens with one attached hydrogen (secondary N) is 1. The van der Waals surface area contributed by atoms with E-state index in [1.807, 2.05) is 6.92 Å². The number of carbonyl (C=O) groups is 1. The zero-order valence-corrected chi connectivity index (χ0v) is 19.5. The standard InChI is InChI=1S/C25H25N3O7/c1-4-34-24-13-18(7-11-22(24)35-16-17-5-9-20(10-6-17)28(30)31)15-26-27-25(29)19-8-12-21(32-2)23(14-19)33-3/h5-15H,4,16H2,1-3H3,(H,27,29)/b26-15+. The van der Waals surface area contributed by atoms with Gasteiger partial charge in [-0.3, -0.25) is 14.9 Å². The van der Waals surface area contributed by atoms with E-state index in [-0.39, 0.29) is 12.3 Å². The number of ether oxygens (including phenoxy) is 4. The maximum absolute atomic E-state index is 12.4. The van der Waals surface area contributed by atoms with Gasteiger partial charge in [0.25, 0.3) is 11.6 Å². The van der Waals surface area contributed by atoms with E-state index in [9.17, 15) is 14.9 Å². The number of carbonyl (C=O) groups excluding carboxylic acids is 1. The second kappa shape index (κ2) is 12.0. The second-order valence-corrected chi connectivity index (χ2v) is 7.12. The Morgan fingerprint density at radius 3 is 2.31 bits per heavy atom. The molecule has 35 heavy (non-hydrogen) atoms. The molecule has 0 aliphatic rings. The summed E-state index contributed by atoms with van der Waals surface area (Å²) >= 11 is 0. The molecule has 0 aliphatic carbocycles. The summed E-state index contributed by atoms with van der Waals surface area (Å²) < 4.78 is 21.9. The fourth-order valence-corrected chi connectivity index (χ4v) is 3.07. The zero-order valence-electron chi connectivity index (χ0n) is 19.5. The summed E-state index contributed by atoms with van der Waals surface area (Å²) in [4.78, 5) is 22.7. The van der Waals surface area contributed by atoms with Gasteiger partial charge in [-0.2, -0.15) is 5.10 Å². The van der Waals surface area contributed by atoms with Crippen molar-refractivity contribution in [3.05, 3.63) is 87.5 Å². The van der Waals surface area contributed by atoms with Gasteiger partial charge in [-0.25, -0.2) is 5.43 Å². The Balaban J connectivity index is 1.65. The number of non-ortho nitro benzene ring substituents is 1. The number of nitrogens with zero attached hydrogens (tertiary/aromatic N) is 2. The van der Waals surface area contributed by atoms with Gasteiger partial charge in [0.2, 0.25) is 0 Å². The highest BCUT2D eigenvalue weighted by Crippen LogP contribution is 2.29. The van der Waals surface area contributed by atoms with Gasteiger partial charge in [-0.1, -0.05) is 0 Å². The molecule has 10 nitrogen and oxygen atoms in total. The summed E-state index contributed by atoms with van der Waals surface area (Å²) in [6, 6.07) is 16.2. The van der Waals surface area contributed by atoms with E-state index in [0.717, 1.165) is 5.56 Å². The number of hydrogen-bond acceptors (Lipinski definition) is 8. The number of rotatable bonds is 11. The van der Waals surface area contributed by atoms with Crippen LogP contribution in [0.4, 0.5) is 5.69 Å². The molecule has 0 atom stereocenters. The molecule has 0 aliphatic heterocycles. The molecular weight excluding hydrogens is 454 g/mol. The van der Waals surface area contributed by atoms with Crippen LogP contribution in [-0.2, 0) is 6.61 Å². The van der Waals surface area contributed by atoms with E-state index in [2.05, 4.69) is 10.5 Å². The summed E-state index contributed by atoms with van der Waals surface area (Å²) in [7, 11) is 3.01. The molecule has 3 aromatic carbocycles. The third-order valence-electron chi connectivity index (χ3n) is 4.83. The minimum absolute atomic E-state index is 0.0191. The molecule has 0 radical (unpaired) electrons. The summed E-state index contributed by atoms with van der Waals surface area (Å²) in [5.74, 6) is 1.57. The Morgan fingerprint density at radius 1 is 0.943 bits per heavy atom. The second-order valence-electron chi connectivity index (χ2n) is 7.12. The first-order valence-corrected chi connectivity index (χ1v) is 10.6. The lowest BCUT2D eigenvalue weighted by atomic mass is 10.2. The maximum Gasteiger partial charge on any atom is 0.271 e. The molecular formula is C25H25N3O7. The first kappa shape index (κ1) is 25.0. The van der Waals surface area contributed by atoms with E-state index in [0.29, 0.717) is 40.7 Å². The molecule has 182 valence electrons. The van der Waals surface area contributed by atoms with E-state index in [4.69, 9.17) is 18.9 Å². The number of hydrazone groups is 1. The number of nitro groups is 1. The van der Waals surface area contributed by atoms with Crippen molar-refractivity contribution in [1.82, 2.24) is 5.43 Å². The Labute approximate surface area is 202 Å². The van der Waals surface area contributed by atoms with Gasteiger partial charge in [0.05, 0.1) is 32.0 Å². The van der Waals surface area contributed by atoms with E-state index < -0.39 is 10.8 Å². The van der Waals surface area contributed by atoms with Crippen molar-refractivity contribution < 1.29 is 28.7 Å². The number of hydrogen-bond donors (Lipinski definition) is 1. The van der Waals surface area contributed by atoms with Crippen LogP contribution < -0.4 is 24.4 Å². The molecule has 1 N–H and O–H groups in total. The van der Waals surface area contributed by atoms with Crippen molar-refractivity contribution in [1.29, 1.82) is 0 Å². The maximum atomic E-state index is 12.4. The van der Waals surface area contributed by atoms with Crippen LogP contribution in [0.25, 0.3) is 0 Å². The molecule has 0 aromatic heterocycles. The van der Waals surface area contributed by atoms with Gasteiger partial charge < -0.3 is 18.9 Å². The number of amides is 1. The summed E-state index contributed by atoms with van der Waals surface area (Å²) in [6.07, 6.45) is 1.49. The first-order chi connectivity index (χ1) is 16.9. The van der Waals surface area contributed by atoms with Crippen LogP contribution in [0, 0.1) is 10.1 Å². The molecule has 0 bridgehead atoms. The van der Waals surface area contributed by atoms with Crippen LogP contribution in [0.15, 0.2) is 65.8 Å². The number of methoxy groups -OCH3 is 2. The Kier molecular flexibility index (Phi) is 8.60. The van der Waals surface area contributed by atoms with E-state index >= 15 is 0 Å². The monoisotopic (exact) mass is 479 g/mol. The van der Waals surface area contributed by atoms with Crippen LogP contribution in [0.3, 0.4) is 0 Å².